The van der Waals surface area contributed by atoms with Crippen molar-refractivity contribution in [1.29, 1.82) is 0 Å². The lowest BCUT2D eigenvalue weighted by atomic mass is 10.2. The number of esters is 1. The number of ether oxygens (including phenoxy) is 1. The number of nitrogen functional groups attached to an aromatic ring is 1. The van der Waals surface area contributed by atoms with Crippen LogP contribution in [0, 0.1) is 17.0 Å². The summed E-state index contributed by atoms with van der Waals surface area (Å²) in [5, 5.41) is 13.5. The molecule has 8 nitrogen and oxygen atoms in total. The highest BCUT2D eigenvalue weighted by Gasteiger charge is 2.21. The zero-order valence-electron chi connectivity index (χ0n) is 13.7. The maximum atomic E-state index is 12.1. The second kappa shape index (κ2) is 7.43. The molecule has 2 aromatic rings. The quantitative estimate of drug-likeness (QED) is 0.372. The van der Waals surface area contributed by atoms with Gasteiger partial charge in [-0.3, -0.25) is 14.9 Å². The van der Waals surface area contributed by atoms with Crippen LogP contribution >= 0.6 is 0 Å². The second-order valence-electron chi connectivity index (χ2n) is 5.44. The van der Waals surface area contributed by atoms with E-state index in [-0.39, 0.29) is 11.3 Å². The number of nitrogens with two attached hydrogens (primary N) is 1. The minimum Gasteiger partial charge on any atom is -0.449 e. The highest BCUT2D eigenvalue weighted by molar-refractivity contribution is 5.97. The van der Waals surface area contributed by atoms with E-state index >= 15 is 0 Å². The fourth-order valence-corrected chi connectivity index (χ4v) is 2.08. The Kier molecular flexibility index (Phi) is 5.33. The van der Waals surface area contributed by atoms with Gasteiger partial charge in [0.05, 0.1) is 10.5 Å². The first kappa shape index (κ1) is 17.9. The van der Waals surface area contributed by atoms with Crippen LogP contribution in [0.25, 0.3) is 0 Å². The van der Waals surface area contributed by atoms with Crippen molar-refractivity contribution in [2.45, 2.75) is 20.0 Å². The lowest BCUT2D eigenvalue weighted by molar-refractivity contribution is -0.383. The number of carbonyl (C=O) groups is 2. The van der Waals surface area contributed by atoms with Crippen LogP contribution in [0.4, 0.5) is 17.1 Å². The summed E-state index contributed by atoms with van der Waals surface area (Å²) in [7, 11) is 0. The third-order valence-corrected chi connectivity index (χ3v) is 3.40. The molecule has 25 heavy (non-hydrogen) atoms. The van der Waals surface area contributed by atoms with Crippen LogP contribution < -0.4 is 11.1 Å². The molecule has 0 heterocycles. The number of nitrogens with zero attached hydrogens (tertiary/aromatic N) is 1. The van der Waals surface area contributed by atoms with Crippen molar-refractivity contribution in [2.24, 2.45) is 0 Å². The van der Waals surface area contributed by atoms with Crippen LogP contribution in [0.1, 0.15) is 22.8 Å². The first-order valence-corrected chi connectivity index (χ1v) is 7.40. The van der Waals surface area contributed by atoms with Crippen LogP contribution in [-0.4, -0.2) is 22.9 Å². The van der Waals surface area contributed by atoms with Crippen molar-refractivity contribution < 1.29 is 19.2 Å². The molecule has 130 valence electrons. The van der Waals surface area contributed by atoms with E-state index in [0.29, 0.717) is 5.69 Å². The van der Waals surface area contributed by atoms with Crippen LogP contribution in [0.5, 0.6) is 0 Å². The number of amides is 1. The van der Waals surface area contributed by atoms with Crippen molar-refractivity contribution in [1.82, 2.24) is 0 Å². The molecular formula is C17H17N3O5. The van der Waals surface area contributed by atoms with Gasteiger partial charge >= 0.3 is 5.97 Å². The molecule has 0 radical (unpaired) electrons. The standard InChI is InChI=1S/C17H17N3O5/c1-10-4-3-5-13(8-10)19-16(21)11(2)25-17(22)12-6-7-14(18)15(9-12)20(23)24/h3-9,11H,18H2,1-2H3,(H,19,21). The fourth-order valence-electron chi connectivity index (χ4n) is 2.08. The van der Waals surface area contributed by atoms with E-state index in [1.165, 1.54) is 19.1 Å². The molecule has 3 N–H and O–H groups in total. The van der Waals surface area contributed by atoms with E-state index in [1.807, 2.05) is 13.0 Å². The largest absolute Gasteiger partial charge is 0.449 e. The Labute approximate surface area is 143 Å². The zero-order chi connectivity index (χ0) is 18.6. The van der Waals surface area contributed by atoms with E-state index in [1.54, 1.807) is 18.2 Å². The predicted octanol–water partition coefficient (Wildman–Crippen LogP) is 2.67. The number of nitro benzene ring substituents is 1. The Morgan fingerprint density at radius 3 is 2.60 bits per heavy atom. The molecule has 2 aromatic carbocycles. The minimum absolute atomic E-state index is 0.0592. The molecule has 0 saturated carbocycles. The summed E-state index contributed by atoms with van der Waals surface area (Å²) in [6.45, 7) is 3.29. The first-order valence-electron chi connectivity index (χ1n) is 7.40. The molecule has 0 spiro atoms. The second-order valence-corrected chi connectivity index (χ2v) is 5.44. The number of carbonyl (C=O) groups excluding carboxylic acids is 2. The molecule has 8 heteroatoms. The third kappa shape index (κ3) is 4.54. The number of aryl methyl sites for hydroxylation is 1. The van der Waals surface area contributed by atoms with E-state index in [9.17, 15) is 19.7 Å². The van der Waals surface area contributed by atoms with Gasteiger partial charge in [-0.15, -0.1) is 0 Å². The molecule has 0 aliphatic rings. The van der Waals surface area contributed by atoms with E-state index in [2.05, 4.69) is 5.32 Å². The van der Waals surface area contributed by atoms with Crippen molar-refractivity contribution in [3.8, 4) is 0 Å². The highest BCUT2D eigenvalue weighted by atomic mass is 16.6. The fraction of sp³-hybridized carbons (Fsp3) is 0.176. The van der Waals surface area contributed by atoms with Crippen LogP contribution in [0.15, 0.2) is 42.5 Å². The van der Waals surface area contributed by atoms with E-state index in [4.69, 9.17) is 10.5 Å². The smallest absolute Gasteiger partial charge is 0.339 e. The third-order valence-electron chi connectivity index (χ3n) is 3.40. The number of benzene rings is 2. The molecule has 0 saturated heterocycles. The molecule has 0 aliphatic carbocycles. The predicted molar refractivity (Wildman–Crippen MR) is 92.2 cm³/mol. The van der Waals surface area contributed by atoms with E-state index < -0.39 is 28.6 Å². The number of hydrogen-bond donors (Lipinski definition) is 2. The summed E-state index contributed by atoms with van der Waals surface area (Å²) >= 11 is 0. The minimum atomic E-state index is -1.08. The van der Waals surface area contributed by atoms with Gasteiger partial charge in [-0.2, -0.15) is 0 Å². The van der Waals surface area contributed by atoms with Crippen LogP contribution in [0.3, 0.4) is 0 Å². The van der Waals surface area contributed by atoms with Crippen molar-refractivity contribution in [3.05, 3.63) is 63.7 Å². The Morgan fingerprint density at radius 2 is 1.96 bits per heavy atom. The van der Waals surface area contributed by atoms with Gasteiger partial charge in [0.2, 0.25) is 0 Å². The first-order chi connectivity index (χ1) is 11.8. The molecule has 0 aliphatic heterocycles. The normalized spacial score (nSPS) is 11.4. The molecule has 1 atom stereocenters. The maximum Gasteiger partial charge on any atom is 0.339 e. The maximum absolute atomic E-state index is 12.1. The molecule has 2 rings (SSSR count). The summed E-state index contributed by atoms with van der Waals surface area (Å²) in [6, 6.07) is 10.7. The number of nitro groups is 1. The lowest BCUT2D eigenvalue weighted by Gasteiger charge is -2.14. The van der Waals surface area contributed by atoms with E-state index in [0.717, 1.165) is 11.6 Å². The summed E-state index contributed by atoms with van der Waals surface area (Å²) < 4.78 is 5.06. The molecular weight excluding hydrogens is 326 g/mol. The van der Waals surface area contributed by atoms with Crippen molar-refractivity contribution in [2.75, 3.05) is 11.1 Å². The van der Waals surface area contributed by atoms with Gasteiger partial charge in [0, 0.05) is 11.8 Å². The van der Waals surface area contributed by atoms with Crippen molar-refractivity contribution >= 4 is 28.9 Å². The van der Waals surface area contributed by atoms with Crippen LogP contribution in [0.2, 0.25) is 0 Å². The summed E-state index contributed by atoms with van der Waals surface area (Å²) in [4.78, 5) is 34.4. The SMILES string of the molecule is Cc1cccc(NC(=O)C(C)OC(=O)c2ccc(N)c([N+](=O)[O-])c2)c1. The molecule has 0 bridgehead atoms. The van der Waals surface area contributed by atoms with Gasteiger partial charge in [0.15, 0.2) is 6.10 Å². The van der Waals surface area contributed by atoms with Crippen molar-refractivity contribution in [3.63, 3.8) is 0 Å². The monoisotopic (exact) mass is 343 g/mol. The Hall–Kier alpha value is -3.42. The molecule has 0 fully saturated rings. The Balaban J connectivity index is 2.05. The Morgan fingerprint density at radius 1 is 1.24 bits per heavy atom. The molecule has 1 amide bonds. The Bertz CT molecular complexity index is 835. The highest BCUT2D eigenvalue weighted by Crippen LogP contribution is 2.23. The summed E-state index contributed by atoms with van der Waals surface area (Å²) in [5.41, 5.74) is 6.51. The van der Waals surface area contributed by atoms with Crippen LogP contribution in [-0.2, 0) is 9.53 Å². The topological polar surface area (TPSA) is 125 Å². The van der Waals surface area contributed by atoms with Gasteiger partial charge in [0.1, 0.15) is 5.69 Å². The van der Waals surface area contributed by atoms with Gasteiger partial charge in [-0.05, 0) is 43.7 Å². The molecule has 0 aromatic heterocycles. The summed E-state index contributed by atoms with van der Waals surface area (Å²) in [5.74, 6) is -1.36. The van der Waals surface area contributed by atoms with Gasteiger partial charge in [0.25, 0.3) is 11.6 Å². The number of anilines is 2. The number of hydrogen-bond acceptors (Lipinski definition) is 6. The van der Waals surface area contributed by atoms with Gasteiger partial charge in [-0.1, -0.05) is 12.1 Å². The number of nitrogens with one attached hydrogen (secondary N) is 1. The number of rotatable bonds is 5. The molecule has 1 unspecified atom stereocenters. The van der Waals surface area contributed by atoms with Gasteiger partial charge < -0.3 is 15.8 Å². The summed E-state index contributed by atoms with van der Waals surface area (Å²) in [6.07, 6.45) is -1.08. The average Bonchev–Trinajstić information content (AvgIpc) is 2.54. The van der Waals surface area contributed by atoms with Gasteiger partial charge in [-0.25, -0.2) is 4.79 Å². The average molecular weight is 343 g/mol. The zero-order valence-corrected chi connectivity index (χ0v) is 13.7. The lowest BCUT2D eigenvalue weighted by Crippen LogP contribution is -2.30.